The van der Waals surface area contributed by atoms with Crippen molar-refractivity contribution in [2.75, 3.05) is 11.9 Å². The largest absolute Gasteiger partial charge is 0.381 e. The van der Waals surface area contributed by atoms with Gasteiger partial charge in [-0.05, 0) is 5.92 Å². The topological polar surface area (TPSA) is 46.2 Å². The standard InChI is InChI=1S/C8H11NO2/c1-5(2)4-9-6-3-7(10)8(6)11/h3,5,9H,4H2,1-2H3. The minimum atomic E-state index is -0.392. The molecule has 0 amide bonds. The summed E-state index contributed by atoms with van der Waals surface area (Å²) >= 11 is 0. The number of anilines is 1. The molecule has 11 heavy (non-hydrogen) atoms. The van der Waals surface area contributed by atoms with Gasteiger partial charge in [0.25, 0.3) is 0 Å². The molecule has 0 saturated carbocycles. The number of hydrogen-bond donors (Lipinski definition) is 1. The molecule has 60 valence electrons. The van der Waals surface area contributed by atoms with Crippen LogP contribution in [0.5, 0.6) is 0 Å². The lowest BCUT2D eigenvalue weighted by atomic mass is 10.2. The Kier molecular flexibility index (Phi) is 2.08. The minimum absolute atomic E-state index is 0.384. The van der Waals surface area contributed by atoms with Gasteiger partial charge >= 0.3 is 0 Å². The quantitative estimate of drug-likeness (QED) is 0.637. The van der Waals surface area contributed by atoms with Crippen molar-refractivity contribution < 1.29 is 0 Å². The first-order valence-corrected chi connectivity index (χ1v) is 3.65. The van der Waals surface area contributed by atoms with Crippen LogP contribution in [-0.4, -0.2) is 6.54 Å². The third kappa shape index (κ3) is 1.67. The van der Waals surface area contributed by atoms with Crippen LogP contribution in [0.3, 0.4) is 0 Å². The summed E-state index contributed by atoms with van der Waals surface area (Å²) in [5, 5.41) is 2.89. The van der Waals surface area contributed by atoms with Crippen molar-refractivity contribution in [1.82, 2.24) is 0 Å². The summed E-state index contributed by atoms with van der Waals surface area (Å²) in [6, 6.07) is 1.34. The average Bonchev–Trinajstić information content (AvgIpc) is 1.96. The average molecular weight is 153 g/mol. The zero-order valence-electron chi connectivity index (χ0n) is 6.68. The molecule has 0 saturated heterocycles. The van der Waals surface area contributed by atoms with Crippen LogP contribution in [0.1, 0.15) is 13.8 Å². The van der Waals surface area contributed by atoms with E-state index in [9.17, 15) is 9.59 Å². The molecule has 0 heterocycles. The first-order valence-electron chi connectivity index (χ1n) is 3.65. The third-order valence-electron chi connectivity index (χ3n) is 1.44. The zero-order valence-corrected chi connectivity index (χ0v) is 6.68. The Bertz CT molecular complexity index is 307. The maximum atomic E-state index is 10.7. The Labute approximate surface area is 64.7 Å². The SMILES string of the molecule is CC(C)CNc1cc(=O)c1=O. The number of rotatable bonds is 3. The summed E-state index contributed by atoms with van der Waals surface area (Å²) in [5.41, 5.74) is -0.314. The van der Waals surface area contributed by atoms with E-state index in [2.05, 4.69) is 5.32 Å². The molecule has 0 atom stereocenters. The molecule has 1 N–H and O–H groups in total. The molecule has 0 aromatic heterocycles. The van der Waals surface area contributed by atoms with Crippen LogP contribution in [0, 0.1) is 5.92 Å². The predicted octanol–water partition coefficient (Wildman–Crippen LogP) is 0.351. The lowest BCUT2D eigenvalue weighted by Gasteiger charge is -2.07. The van der Waals surface area contributed by atoms with Gasteiger partial charge in [-0.2, -0.15) is 0 Å². The van der Waals surface area contributed by atoms with Crippen LogP contribution >= 0.6 is 0 Å². The van der Waals surface area contributed by atoms with E-state index in [-0.39, 0.29) is 5.43 Å². The van der Waals surface area contributed by atoms with E-state index < -0.39 is 5.43 Å². The lowest BCUT2D eigenvalue weighted by molar-refractivity contribution is 0.688. The van der Waals surface area contributed by atoms with Crippen molar-refractivity contribution in [2.45, 2.75) is 13.8 Å². The molecule has 0 bridgehead atoms. The minimum Gasteiger partial charge on any atom is -0.381 e. The fourth-order valence-electron chi connectivity index (χ4n) is 0.763. The summed E-state index contributed by atoms with van der Waals surface area (Å²) in [5.74, 6) is 0.486. The summed E-state index contributed by atoms with van der Waals surface area (Å²) in [6.45, 7) is 4.82. The van der Waals surface area contributed by atoms with Crippen molar-refractivity contribution in [3.63, 3.8) is 0 Å². The molecule has 3 heteroatoms. The lowest BCUT2D eigenvalue weighted by Crippen LogP contribution is -2.33. The molecule has 0 aliphatic heterocycles. The summed E-state index contributed by atoms with van der Waals surface area (Å²) in [6.07, 6.45) is 0. The Morgan fingerprint density at radius 1 is 1.45 bits per heavy atom. The van der Waals surface area contributed by atoms with Crippen LogP contribution in [-0.2, 0) is 0 Å². The highest BCUT2D eigenvalue weighted by Gasteiger charge is 2.07. The van der Waals surface area contributed by atoms with Gasteiger partial charge in [-0.25, -0.2) is 0 Å². The highest BCUT2D eigenvalue weighted by atomic mass is 16.2. The van der Waals surface area contributed by atoms with Gasteiger partial charge in [-0.15, -0.1) is 0 Å². The second kappa shape index (κ2) is 2.86. The second-order valence-corrected chi connectivity index (χ2v) is 3.03. The summed E-state index contributed by atoms with van der Waals surface area (Å²) < 4.78 is 0. The monoisotopic (exact) mass is 153 g/mol. The Morgan fingerprint density at radius 2 is 2.09 bits per heavy atom. The van der Waals surface area contributed by atoms with Gasteiger partial charge < -0.3 is 5.32 Å². The maximum absolute atomic E-state index is 10.7. The molecular weight excluding hydrogens is 142 g/mol. The first kappa shape index (κ1) is 7.98. The van der Waals surface area contributed by atoms with Crippen molar-refractivity contribution >= 4 is 5.69 Å². The smallest absolute Gasteiger partial charge is 0.248 e. The van der Waals surface area contributed by atoms with Crippen LogP contribution in [0.15, 0.2) is 15.7 Å². The van der Waals surface area contributed by atoms with E-state index in [1.54, 1.807) is 0 Å². The Hall–Kier alpha value is -1.12. The Balaban J connectivity index is 2.49. The van der Waals surface area contributed by atoms with E-state index in [4.69, 9.17) is 0 Å². The van der Waals surface area contributed by atoms with Crippen molar-refractivity contribution in [2.24, 2.45) is 5.92 Å². The second-order valence-electron chi connectivity index (χ2n) is 3.03. The van der Waals surface area contributed by atoms with Gasteiger partial charge in [-0.3, -0.25) is 9.59 Å². The molecule has 0 aliphatic carbocycles. The van der Waals surface area contributed by atoms with E-state index in [0.717, 1.165) is 6.54 Å². The van der Waals surface area contributed by atoms with Gasteiger partial charge in [0, 0.05) is 12.6 Å². The molecule has 0 unspecified atom stereocenters. The predicted molar refractivity (Wildman–Crippen MR) is 44.7 cm³/mol. The molecule has 3 nitrogen and oxygen atoms in total. The van der Waals surface area contributed by atoms with Gasteiger partial charge in [0.05, 0.1) is 5.69 Å². The van der Waals surface area contributed by atoms with E-state index >= 15 is 0 Å². The van der Waals surface area contributed by atoms with Crippen LogP contribution in [0.25, 0.3) is 0 Å². The molecule has 1 rings (SSSR count). The molecular formula is C8H11NO2. The van der Waals surface area contributed by atoms with Gasteiger partial charge in [0.1, 0.15) is 0 Å². The summed E-state index contributed by atoms with van der Waals surface area (Å²) in [4.78, 5) is 21.1. The highest BCUT2D eigenvalue weighted by Crippen LogP contribution is 1.98. The molecule has 1 aromatic carbocycles. The zero-order chi connectivity index (χ0) is 8.43. The van der Waals surface area contributed by atoms with E-state index in [1.807, 2.05) is 13.8 Å². The van der Waals surface area contributed by atoms with Crippen LogP contribution in [0.4, 0.5) is 5.69 Å². The normalized spacial score (nSPS) is 10.8. The highest BCUT2D eigenvalue weighted by molar-refractivity contribution is 5.46. The Morgan fingerprint density at radius 3 is 2.45 bits per heavy atom. The van der Waals surface area contributed by atoms with Crippen LogP contribution in [0.2, 0.25) is 0 Å². The fourth-order valence-corrected chi connectivity index (χ4v) is 0.763. The van der Waals surface area contributed by atoms with E-state index in [1.165, 1.54) is 6.07 Å². The van der Waals surface area contributed by atoms with Crippen LogP contribution < -0.4 is 16.2 Å². The third-order valence-corrected chi connectivity index (χ3v) is 1.44. The molecule has 0 aliphatic rings. The molecule has 0 radical (unpaired) electrons. The van der Waals surface area contributed by atoms with Gasteiger partial charge in [-0.1, -0.05) is 13.8 Å². The fraction of sp³-hybridized carbons (Fsp3) is 0.500. The van der Waals surface area contributed by atoms with Crippen molar-refractivity contribution in [3.8, 4) is 0 Å². The van der Waals surface area contributed by atoms with Crippen molar-refractivity contribution in [3.05, 3.63) is 26.5 Å². The van der Waals surface area contributed by atoms with Gasteiger partial charge in [0.2, 0.25) is 10.9 Å². The van der Waals surface area contributed by atoms with E-state index in [0.29, 0.717) is 11.6 Å². The molecule has 0 fully saturated rings. The molecule has 0 spiro atoms. The summed E-state index contributed by atoms with van der Waals surface area (Å²) in [7, 11) is 0. The maximum Gasteiger partial charge on any atom is 0.248 e. The molecule has 1 aromatic rings. The van der Waals surface area contributed by atoms with Gasteiger partial charge in [0.15, 0.2) is 0 Å². The number of hydrogen-bond acceptors (Lipinski definition) is 3. The van der Waals surface area contributed by atoms with Crippen molar-refractivity contribution in [1.29, 1.82) is 0 Å². The first-order chi connectivity index (χ1) is 5.11. The number of nitrogens with one attached hydrogen (secondary N) is 1.